The normalized spacial score (nSPS) is 15.4. The summed E-state index contributed by atoms with van der Waals surface area (Å²) in [5, 5.41) is 9.48. The molecule has 0 amide bonds. The third-order valence-electron chi connectivity index (χ3n) is 4.02. The number of phenolic OH excluding ortho intramolecular Hbond substituents is 1. The monoisotopic (exact) mass is 292 g/mol. The molecule has 0 heterocycles. The first-order valence-corrected chi connectivity index (χ1v) is 7.36. The second kappa shape index (κ2) is 5.70. The summed E-state index contributed by atoms with van der Waals surface area (Å²) in [4.78, 5) is 12.8. The van der Waals surface area contributed by atoms with Crippen molar-refractivity contribution in [2.24, 2.45) is 16.2 Å². The van der Waals surface area contributed by atoms with E-state index in [1.807, 2.05) is 6.92 Å². The predicted molar refractivity (Wildman–Crippen MR) is 85.4 cm³/mol. The summed E-state index contributed by atoms with van der Waals surface area (Å²) in [7, 11) is 0. The van der Waals surface area contributed by atoms with E-state index >= 15 is 0 Å². The first kappa shape index (κ1) is 17.5. The highest BCUT2D eigenvalue weighted by Crippen LogP contribution is 2.47. The fourth-order valence-corrected chi connectivity index (χ4v) is 2.47. The number of phenols is 1. The Morgan fingerprint density at radius 1 is 1.10 bits per heavy atom. The topological polar surface area (TPSA) is 46.5 Å². The molecule has 0 spiro atoms. The van der Waals surface area contributed by atoms with Gasteiger partial charge in [0.05, 0.1) is 5.41 Å². The number of hydrogen-bond donors (Lipinski definition) is 1. The van der Waals surface area contributed by atoms with Crippen LogP contribution in [-0.4, -0.2) is 11.1 Å². The summed E-state index contributed by atoms with van der Waals surface area (Å²) in [5.41, 5.74) is -0.829. The third kappa shape index (κ3) is 4.48. The molecule has 0 saturated heterocycles. The van der Waals surface area contributed by atoms with Gasteiger partial charge in [-0.2, -0.15) is 0 Å². The largest absolute Gasteiger partial charge is 0.508 e. The number of hydrogen-bond acceptors (Lipinski definition) is 3. The smallest absolute Gasteiger partial charge is 0.317 e. The lowest BCUT2D eigenvalue weighted by Gasteiger charge is -2.43. The van der Waals surface area contributed by atoms with E-state index in [9.17, 15) is 9.90 Å². The zero-order valence-electron chi connectivity index (χ0n) is 14.3. The van der Waals surface area contributed by atoms with Crippen LogP contribution in [0, 0.1) is 16.2 Å². The molecule has 118 valence electrons. The van der Waals surface area contributed by atoms with E-state index in [1.165, 1.54) is 6.07 Å². The summed E-state index contributed by atoms with van der Waals surface area (Å²) >= 11 is 0. The van der Waals surface area contributed by atoms with Crippen LogP contribution in [0.5, 0.6) is 11.5 Å². The molecule has 1 rings (SSSR count). The van der Waals surface area contributed by atoms with Crippen LogP contribution >= 0.6 is 0 Å². The van der Waals surface area contributed by atoms with E-state index in [2.05, 4.69) is 41.5 Å². The Kier molecular flexibility index (Phi) is 4.76. The minimum Gasteiger partial charge on any atom is -0.508 e. The van der Waals surface area contributed by atoms with Crippen molar-refractivity contribution in [1.29, 1.82) is 0 Å². The van der Waals surface area contributed by atoms with Crippen molar-refractivity contribution < 1.29 is 14.6 Å². The van der Waals surface area contributed by atoms with Crippen LogP contribution in [0.2, 0.25) is 0 Å². The maximum absolute atomic E-state index is 12.8. The van der Waals surface area contributed by atoms with Gasteiger partial charge in [-0.3, -0.25) is 4.79 Å². The molecule has 0 radical (unpaired) electrons. The molecule has 1 aromatic rings. The zero-order chi connectivity index (χ0) is 16.5. The van der Waals surface area contributed by atoms with Gasteiger partial charge in [-0.15, -0.1) is 0 Å². The van der Waals surface area contributed by atoms with E-state index in [0.717, 1.165) is 6.42 Å². The van der Waals surface area contributed by atoms with Crippen LogP contribution in [0.15, 0.2) is 24.3 Å². The van der Waals surface area contributed by atoms with Crippen LogP contribution < -0.4 is 4.74 Å². The molecule has 3 heteroatoms. The van der Waals surface area contributed by atoms with Crippen molar-refractivity contribution >= 4 is 5.97 Å². The molecule has 21 heavy (non-hydrogen) atoms. The van der Waals surface area contributed by atoms with E-state index < -0.39 is 5.41 Å². The van der Waals surface area contributed by atoms with Gasteiger partial charge in [0.2, 0.25) is 0 Å². The van der Waals surface area contributed by atoms with E-state index in [1.54, 1.807) is 18.2 Å². The summed E-state index contributed by atoms with van der Waals surface area (Å²) in [6, 6.07) is 6.35. The number of esters is 1. The highest BCUT2D eigenvalue weighted by molar-refractivity contribution is 5.79. The van der Waals surface area contributed by atoms with Crippen LogP contribution in [-0.2, 0) is 4.79 Å². The van der Waals surface area contributed by atoms with Crippen molar-refractivity contribution in [3.63, 3.8) is 0 Å². The number of aromatic hydroxyl groups is 1. The van der Waals surface area contributed by atoms with Crippen molar-refractivity contribution in [1.82, 2.24) is 0 Å². The molecule has 0 saturated carbocycles. The highest BCUT2D eigenvalue weighted by Gasteiger charge is 2.47. The van der Waals surface area contributed by atoms with Gasteiger partial charge in [-0.05, 0) is 36.3 Å². The number of rotatable bonds is 3. The Labute approximate surface area is 128 Å². The second-order valence-corrected chi connectivity index (χ2v) is 8.21. The van der Waals surface area contributed by atoms with E-state index in [0.29, 0.717) is 5.75 Å². The van der Waals surface area contributed by atoms with Crippen molar-refractivity contribution in [3.8, 4) is 11.5 Å². The van der Waals surface area contributed by atoms with Crippen LogP contribution in [0.25, 0.3) is 0 Å². The summed E-state index contributed by atoms with van der Waals surface area (Å²) in [6.07, 6.45) is 0.723. The maximum Gasteiger partial charge on any atom is 0.317 e. The minimum absolute atomic E-state index is 0.0138. The minimum atomic E-state index is -0.614. The van der Waals surface area contributed by atoms with Gasteiger partial charge >= 0.3 is 5.97 Å². The Bertz CT molecular complexity index is 506. The van der Waals surface area contributed by atoms with Crippen molar-refractivity contribution in [2.75, 3.05) is 0 Å². The van der Waals surface area contributed by atoms with Gasteiger partial charge in [-0.25, -0.2) is 0 Å². The van der Waals surface area contributed by atoms with Gasteiger partial charge in [0.15, 0.2) is 0 Å². The molecule has 0 aliphatic carbocycles. The maximum atomic E-state index is 12.8. The van der Waals surface area contributed by atoms with Gasteiger partial charge in [0.1, 0.15) is 11.5 Å². The summed E-state index contributed by atoms with van der Waals surface area (Å²) in [6.45, 7) is 14.5. The molecule has 1 aromatic carbocycles. The Morgan fingerprint density at radius 3 is 2.10 bits per heavy atom. The molecular formula is C18H28O3. The lowest BCUT2D eigenvalue weighted by Crippen LogP contribution is -2.45. The van der Waals surface area contributed by atoms with E-state index in [-0.39, 0.29) is 22.5 Å². The molecule has 1 atom stereocenters. The van der Waals surface area contributed by atoms with E-state index in [4.69, 9.17) is 4.74 Å². The van der Waals surface area contributed by atoms with Gasteiger partial charge in [-0.1, -0.05) is 47.6 Å². The molecule has 0 aliphatic heterocycles. The predicted octanol–water partition coefficient (Wildman–Crippen LogP) is 4.79. The number of carbonyl (C=O) groups is 1. The molecule has 0 fully saturated rings. The average Bonchev–Trinajstić information content (AvgIpc) is 2.24. The molecule has 3 nitrogen and oxygen atoms in total. The quantitative estimate of drug-likeness (QED) is 0.644. The van der Waals surface area contributed by atoms with Crippen LogP contribution in [0.3, 0.4) is 0 Å². The number of benzene rings is 1. The molecule has 0 aromatic heterocycles. The van der Waals surface area contributed by atoms with Gasteiger partial charge < -0.3 is 9.84 Å². The Balaban J connectivity index is 3.07. The zero-order valence-corrected chi connectivity index (χ0v) is 14.3. The molecular weight excluding hydrogens is 264 g/mol. The number of ether oxygens (including phenoxy) is 1. The third-order valence-corrected chi connectivity index (χ3v) is 4.02. The Morgan fingerprint density at radius 2 is 1.67 bits per heavy atom. The van der Waals surface area contributed by atoms with Crippen LogP contribution in [0.4, 0.5) is 0 Å². The molecule has 1 N–H and O–H groups in total. The first-order chi connectivity index (χ1) is 9.35. The fraction of sp³-hybridized carbons (Fsp3) is 0.611. The lowest BCUT2D eigenvalue weighted by atomic mass is 9.61. The molecule has 0 bridgehead atoms. The highest BCUT2D eigenvalue weighted by atomic mass is 16.5. The Hall–Kier alpha value is -1.51. The summed E-state index contributed by atoms with van der Waals surface area (Å²) in [5.74, 6) is 0.216. The van der Waals surface area contributed by atoms with Gasteiger partial charge in [0, 0.05) is 6.07 Å². The van der Waals surface area contributed by atoms with Crippen molar-refractivity contribution in [2.45, 2.75) is 54.9 Å². The molecule has 0 aliphatic rings. The number of carbonyl (C=O) groups excluding carboxylic acids is 1. The lowest BCUT2D eigenvalue weighted by molar-refractivity contribution is -0.154. The second-order valence-electron chi connectivity index (χ2n) is 8.21. The van der Waals surface area contributed by atoms with Crippen molar-refractivity contribution in [3.05, 3.63) is 24.3 Å². The van der Waals surface area contributed by atoms with Gasteiger partial charge in [0.25, 0.3) is 0 Å². The first-order valence-electron chi connectivity index (χ1n) is 7.36. The molecule has 1 unspecified atom stereocenters. The fourth-order valence-electron chi connectivity index (χ4n) is 2.47. The summed E-state index contributed by atoms with van der Waals surface area (Å²) < 4.78 is 5.53. The standard InChI is InChI=1S/C18H28O3/c1-16(2,3)12-18(7,17(4,5)6)15(20)21-14-10-8-9-13(19)11-14/h8-11,19H,12H2,1-7H3. The SMILES string of the molecule is CC(C)(C)CC(C)(C(=O)Oc1cccc(O)c1)C(C)(C)C. The van der Waals surface area contributed by atoms with Crippen LogP contribution in [0.1, 0.15) is 54.9 Å². The average molecular weight is 292 g/mol.